The van der Waals surface area contributed by atoms with Crippen LogP contribution in [0.3, 0.4) is 0 Å². The Labute approximate surface area is 161 Å². The largest absolute Gasteiger partial charge is 0.197 e. The van der Waals surface area contributed by atoms with E-state index in [-0.39, 0.29) is 5.92 Å². The van der Waals surface area contributed by atoms with Gasteiger partial charge >= 0.3 is 0 Å². The Balaban J connectivity index is 1.97. The molecule has 134 valence electrons. The molecule has 0 aromatic heterocycles. The van der Waals surface area contributed by atoms with E-state index in [2.05, 4.69) is 57.3 Å². The van der Waals surface area contributed by atoms with Gasteiger partial charge in [0, 0.05) is 0 Å². The minimum Gasteiger partial charge on any atom is -0.197 e. The lowest BCUT2D eigenvalue weighted by molar-refractivity contribution is 0.245. The van der Waals surface area contributed by atoms with Crippen molar-refractivity contribution in [3.8, 4) is 12.1 Å². The molecule has 0 spiro atoms. The van der Waals surface area contributed by atoms with Crippen LogP contribution in [0.1, 0.15) is 43.4 Å². The van der Waals surface area contributed by atoms with Gasteiger partial charge in [0.15, 0.2) is 0 Å². The molecule has 0 saturated carbocycles. The van der Waals surface area contributed by atoms with E-state index in [9.17, 15) is 10.5 Å². The Hall–Kier alpha value is -2.84. The first kappa shape index (κ1) is 17.6. The Morgan fingerprint density at radius 1 is 1.11 bits per heavy atom. The van der Waals surface area contributed by atoms with Gasteiger partial charge in [-0.3, -0.25) is 0 Å². The summed E-state index contributed by atoms with van der Waals surface area (Å²) < 4.78 is 0. The molecule has 4 rings (SSSR count). The molecule has 0 heterocycles. The third kappa shape index (κ3) is 2.11. The summed E-state index contributed by atoms with van der Waals surface area (Å²) in [6.45, 7) is 14.9. The van der Waals surface area contributed by atoms with E-state index in [0.29, 0.717) is 17.1 Å². The number of allylic oxidation sites excluding steroid dienone is 6. The zero-order valence-corrected chi connectivity index (χ0v) is 16.3. The third-order valence-corrected chi connectivity index (χ3v) is 7.08. The van der Waals surface area contributed by atoms with E-state index < -0.39 is 5.41 Å². The number of rotatable bonds is 0. The first-order valence-corrected chi connectivity index (χ1v) is 9.57. The second-order valence-corrected chi connectivity index (χ2v) is 8.33. The van der Waals surface area contributed by atoms with Crippen LogP contribution in [0.25, 0.3) is 5.57 Å². The van der Waals surface area contributed by atoms with Crippen molar-refractivity contribution in [1.82, 2.24) is 0 Å². The maximum Gasteiger partial charge on any atom is 0.107 e. The van der Waals surface area contributed by atoms with Gasteiger partial charge in [0.2, 0.25) is 0 Å². The minimum absolute atomic E-state index is 0.181. The van der Waals surface area contributed by atoms with Gasteiger partial charge in [0.1, 0.15) is 5.41 Å². The van der Waals surface area contributed by atoms with Crippen LogP contribution in [0.15, 0.2) is 59.2 Å². The van der Waals surface area contributed by atoms with E-state index in [1.165, 1.54) is 22.3 Å². The van der Waals surface area contributed by atoms with Gasteiger partial charge < -0.3 is 0 Å². The van der Waals surface area contributed by atoms with Crippen molar-refractivity contribution in [3.63, 3.8) is 0 Å². The van der Waals surface area contributed by atoms with Gasteiger partial charge in [-0.15, -0.1) is 0 Å². The topological polar surface area (TPSA) is 47.6 Å². The SMILES string of the molecule is C=C1C2=C(C)[C@]3(C#N)C(=C)C(C#N)=C(C)C[C@@H]3CC2Cc2cccc(C)c21. The molecule has 0 radical (unpaired) electrons. The van der Waals surface area contributed by atoms with Gasteiger partial charge in [-0.05, 0) is 90.9 Å². The van der Waals surface area contributed by atoms with Crippen LogP contribution >= 0.6 is 0 Å². The van der Waals surface area contributed by atoms with Crippen molar-refractivity contribution in [3.05, 3.63) is 75.9 Å². The van der Waals surface area contributed by atoms with E-state index in [4.69, 9.17) is 0 Å². The van der Waals surface area contributed by atoms with Crippen molar-refractivity contribution < 1.29 is 0 Å². The lowest BCUT2D eigenvalue weighted by Gasteiger charge is -2.50. The predicted molar refractivity (Wildman–Crippen MR) is 108 cm³/mol. The normalized spacial score (nSPS) is 29.5. The molecule has 1 aromatic carbocycles. The first-order valence-electron chi connectivity index (χ1n) is 9.57. The average Bonchev–Trinajstić information content (AvgIpc) is 2.62. The lowest BCUT2D eigenvalue weighted by Crippen LogP contribution is -2.43. The fourth-order valence-corrected chi connectivity index (χ4v) is 5.89. The first-order chi connectivity index (χ1) is 12.9. The monoisotopic (exact) mass is 352 g/mol. The maximum atomic E-state index is 10.3. The average molecular weight is 352 g/mol. The number of fused-ring (bicyclic) bond motifs is 3. The summed E-state index contributed by atoms with van der Waals surface area (Å²) in [7, 11) is 0. The molecule has 1 unspecified atom stereocenters. The molecule has 2 nitrogen and oxygen atoms in total. The van der Waals surface area contributed by atoms with Crippen molar-refractivity contribution in [1.29, 1.82) is 10.5 Å². The zero-order chi connectivity index (χ0) is 19.5. The molecule has 0 amide bonds. The highest BCUT2D eigenvalue weighted by Crippen LogP contribution is 2.60. The molecule has 3 aliphatic carbocycles. The highest BCUT2D eigenvalue weighted by molar-refractivity contribution is 5.85. The highest BCUT2D eigenvalue weighted by Gasteiger charge is 2.53. The lowest BCUT2D eigenvalue weighted by atomic mass is 9.51. The fourth-order valence-electron chi connectivity index (χ4n) is 5.89. The van der Waals surface area contributed by atoms with Crippen molar-refractivity contribution in [2.75, 3.05) is 0 Å². The molecule has 3 atom stereocenters. The van der Waals surface area contributed by atoms with Crippen molar-refractivity contribution in [2.45, 2.75) is 40.0 Å². The van der Waals surface area contributed by atoms with Crippen molar-refractivity contribution >= 4 is 5.57 Å². The van der Waals surface area contributed by atoms with E-state index >= 15 is 0 Å². The van der Waals surface area contributed by atoms with Crippen LogP contribution in [0.5, 0.6) is 0 Å². The number of hydrogen-bond acceptors (Lipinski definition) is 2. The van der Waals surface area contributed by atoms with Gasteiger partial charge in [-0.1, -0.05) is 36.9 Å². The summed E-state index contributed by atoms with van der Waals surface area (Å²) in [6, 6.07) is 11.4. The Bertz CT molecular complexity index is 1050. The molecule has 1 aromatic rings. The summed E-state index contributed by atoms with van der Waals surface area (Å²) in [5.74, 6) is 0.572. The molecule has 0 bridgehead atoms. The smallest absolute Gasteiger partial charge is 0.107 e. The van der Waals surface area contributed by atoms with Gasteiger partial charge in [0.25, 0.3) is 0 Å². The summed E-state index contributed by atoms with van der Waals surface area (Å²) in [5.41, 5.74) is 8.79. The summed E-state index contributed by atoms with van der Waals surface area (Å²) in [4.78, 5) is 0. The molecular formula is C25H24N2. The third-order valence-electron chi connectivity index (χ3n) is 7.08. The van der Waals surface area contributed by atoms with E-state index in [0.717, 1.165) is 36.0 Å². The van der Waals surface area contributed by atoms with Gasteiger partial charge in [0.05, 0.1) is 17.7 Å². The van der Waals surface area contributed by atoms with Crippen molar-refractivity contribution in [2.24, 2.45) is 17.3 Å². The van der Waals surface area contributed by atoms with Crippen LogP contribution in [-0.4, -0.2) is 0 Å². The standard InChI is InChI=1S/C25H24N2/c1-14-7-6-8-19-10-20-11-21-9-15(2)22(12-26)17(4)25(21,13-27)18(5)24(20)16(3)23(14)19/h6-8,20-21H,3-4,9-11H2,1-2,5H3/t20?,21-,25+/m1/s1. The number of benzene rings is 1. The van der Waals surface area contributed by atoms with E-state index in [1.54, 1.807) is 0 Å². The second-order valence-electron chi connectivity index (χ2n) is 8.33. The Morgan fingerprint density at radius 3 is 2.52 bits per heavy atom. The molecule has 0 aliphatic heterocycles. The molecule has 27 heavy (non-hydrogen) atoms. The predicted octanol–water partition coefficient (Wildman–Crippen LogP) is 5.83. The fraction of sp³-hybridized carbons (Fsp3) is 0.360. The van der Waals surface area contributed by atoms with Crippen LogP contribution in [0, 0.1) is 46.8 Å². The summed E-state index contributed by atoms with van der Waals surface area (Å²) in [6.07, 6.45) is 2.74. The van der Waals surface area contributed by atoms with Crippen LogP contribution < -0.4 is 0 Å². The number of aryl methyl sites for hydroxylation is 1. The zero-order valence-electron chi connectivity index (χ0n) is 16.3. The molecule has 0 fully saturated rings. The maximum absolute atomic E-state index is 10.3. The van der Waals surface area contributed by atoms with Gasteiger partial charge in [-0.2, -0.15) is 10.5 Å². The summed E-state index contributed by atoms with van der Waals surface area (Å²) in [5, 5.41) is 20.0. The number of nitrogens with zero attached hydrogens (tertiary/aromatic N) is 2. The van der Waals surface area contributed by atoms with E-state index in [1.807, 2.05) is 6.92 Å². The second kappa shape index (κ2) is 5.83. The minimum atomic E-state index is -0.778. The quantitative estimate of drug-likeness (QED) is 0.590. The molecule has 0 saturated heterocycles. The molecule has 2 heteroatoms. The number of nitriles is 2. The van der Waals surface area contributed by atoms with Crippen LogP contribution in [0.2, 0.25) is 0 Å². The Morgan fingerprint density at radius 2 is 1.85 bits per heavy atom. The molecule has 0 N–H and O–H groups in total. The Kier molecular flexibility index (Phi) is 3.79. The number of hydrogen-bond donors (Lipinski definition) is 0. The molecular weight excluding hydrogens is 328 g/mol. The van der Waals surface area contributed by atoms with Gasteiger partial charge in [-0.25, -0.2) is 0 Å². The molecule has 3 aliphatic rings. The summed E-state index contributed by atoms with van der Waals surface area (Å²) >= 11 is 0. The highest BCUT2D eigenvalue weighted by atomic mass is 14.6. The van der Waals surface area contributed by atoms with Crippen LogP contribution in [-0.2, 0) is 6.42 Å². The van der Waals surface area contributed by atoms with Crippen LogP contribution in [0.4, 0.5) is 0 Å².